The molecule has 2 aromatic rings. The number of aliphatic hydroxyl groups is 1. The summed E-state index contributed by atoms with van der Waals surface area (Å²) in [5, 5.41) is 13.4. The van der Waals surface area contributed by atoms with Crippen LogP contribution in [0.4, 0.5) is 5.95 Å². The molecule has 5 nitrogen and oxygen atoms in total. The largest absolute Gasteiger partial charge is 0.391 e. The molecular formula is C14H19N3O2. The first kappa shape index (κ1) is 13.5. The summed E-state index contributed by atoms with van der Waals surface area (Å²) in [6.45, 7) is 4.39. The average molecular weight is 261 g/mol. The van der Waals surface area contributed by atoms with E-state index in [1.165, 1.54) is 0 Å². The van der Waals surface area contributed by atoms with Gasteiger partial charge in [0.2, 0.25) is 5.95 Å². The number of nitrogens with one attached hydrogen (secondary N) is 2. The van der Waals surface area contributed by atoms with Gasteiger partial charge in [0.15, 0.2) is 0 Å². The van der Waals surface area contributed by atoms with Crippen molar-refractivity contribution in [3.63, 3.8) is 0 Å². The highest BCUT2D eigenvalue weighted by atomic mass is 16.3. The van der Waals surface area contributed by atoms with Gasteiger partial charge in [0.25, 0.3) is 5.56 Å². The number of nitrogens with zero attached hydrogens (tertiary/aromatic N) is 1. The highest BCUT2D eigenvalue weighted by Gasteiger charge is 2.12. The Kier molecular flexibility index (Phi) is 4.16. The molecule has 0 aliphatic heterocycles. The highest BCUT2D eigenvalue weighted by molar-refractivity contribution is 5.78. The Morgan fingerprint density at radius 2 is 2.16 bits per heavy atom. The highest BCUT2D eigenvalue weighted by Crippen LogP contribution is 2.10. The third-order valence-corrected chi connectivity index (χ3v) is 3.39. The van der Waals surface area contributed by atoms with Crippen molar-refractivity contribution in [1.82, 2.24) is 9.97 Å². The van der Waals surface area contributed by atoms with E-state index in [-0.39, 0.29) is 11.5 Å². The number of fused-ring (bicyclic) bond motifs is 1. The molecule has 0 spiro atoms. The Bertz CT molecular complexity index is 609. The molecule has 5 heteroatoms. The lowest BCUT2D eigenvalue weighted by Gasteiger charge is -2.17. The molecule has 1 heterocycles. The molecule has 0 fully saturated rings. The van der Waals surface area contributed by atoms with Crippen molar-refractivity contribution in [3.05, 3.63) is 34.6 Å². The molecule has 0 radical (unpaired) electrons. The molecule has 3 N–H and O–H groups in total. The minimum atomic E-state index is -0.457. The third-order valence-electron chi connectivity index (χ3n) is 3.39. The fourth-order valence-electron chi connectivity index (χ4n) is 1.84. The number of aromatic amines is 1. The molecular weight excluding hydrogens is 242 g/mol. The predicted molar refractivity (Wildman–Crippen MR) is 76.3 cm³/mol. The first-order valence-corrected chi connectivity index (χ1v) is 6.52. The summed E-state index contributed by atoms with van der Waals surface area (Å²) >= 11 is 0. The van der Waals surface area contributed by atoms with Gasteiger partial charge in [-0.1, -0.05) is 32.4 Å². The van der Waals surface area contributed by atoms with Crippen molar-refractivity contribution >= 4 is 16.9 Å². The second-order valence-corrected chi connectivity index (χ2v) is 4.77. The van der Waals surface area contributed by atoms with Crippen LogP contribution < -0.4 is 10.9 Å². The number of anilines is 1. The second kappa shape index (κ2) is 5.84. The van der Waals surface area contributed by atoms with Gasteiger partial charge in [0, 0.05) is 6.54 Å². The van der Waals surface area contributed by atoms with Crippen molar-refractivity contribution in [3.8, 4) is 0 Å². The van der Waals surface area contributed by atoms with Crippen LogP contribution in [-0.4, -0.2) is 27.7 Å². The molecule has 0 saturated heterocycles. The number of para-hydroxylation sites is 1. The van der Waals surface area contributed by atoms with E-state index in [0.29, 0.717) is 23.4 Å². The fraction of sp³-hybridized carbons (Fsp3) is 0.429. The third kappa shape index (κ3) is 3.12. The van der Waals surface area contributed by atoms with E-state index in [0.717, 1.165) is 6.42 Å². The van der Waals surface area contributed by atoms with Crippen molar-refractivity contribution in [2.45, 2.75) is 26.4 Å². The van der Waals surface area contributed by atoms with Gasteiger partial charge in [0.1, 0.15) is 0 Å². The van der Waals surface area contributed by atoms with Gasteiger partial charge in [0.05, 0.1) is 17.0 Å². The lowest BCUT2D eigenvalue weighted by Crippen LogP contribution is -2.27. The van der Waals surface area contributed by atoms with Crippen molar-refractivity contribution in [2.75, 3.05) is 11.9 Å². The summed E-state index contributed by atoms with van der Waals surface area (Å²) in [5.74, 6) is 0.603. The van der Waals surface area contributed by atoms with Crippen LogP contribution in [-0.2, 0) is 0 Å². The fourth-order valence-corrected chi connectivity index (χ4v) is 1.84. The summed E-state index contributed by atoms with van der Waals surface area (Å²) in [5.41, 5.74) is 0.470. The van der Waals surface area contributed by atoms with E-state index in [2.05, 4.69) is 15.3 Å². The molecule has 0 aliphatic rings. The number of aromatic nitrogens is 2. The number of rotatable bonds is 5. The van der Waals surface area contributed by atoms with Crippen LogP contribution in [0.15, 0.2) is 29.1 Å². The second-order valence-electron chi connectivity index (χ2n) is 4.77. The molecule has 0 unspecified atom stereocenters. The van der Waals surface area contributed by atoms with E-state index in [1.54, 1.807) is 18.2 Å². The zero-order valence-electron chi connectivity index (χ0n) is 11.2. The van der Waals surface area contributed by atoms with Gasteiger partial charge >= 0.3 is 0 Å². The van der Waals surface area contributed by atoms with E-state index in [9.17, 15) is 9.90 Å². The first-order chi connectivity index (χ1) is 9.11. The van der Waals surface area contributed by atoms with Crippen LogP contribution in [0, 0.1) is 5.92 Å². The van der Waals surface area contributed by atoms with E-state index in [1.807, 2.05) is 19.9 Å². The minimum Gasteiger partial charge on any atom is -0.391 e. The van der Waals surface area contributed by atoms with Crippen LogP contribution in [0.3, 0.4) is 0 Å². The lowest BCUT2D eigenvalue weighted by atomic mass is 10.0. The topological polar surface area (TPSA) is 78.0 Å². The summed E-state index contributed by atoms with van der Waals surface area (Å²) in [4.78, 5) is 18.8. The maximum atomic E-state index is 11.8. The van der Waals surface area contributed by atoms with Crippen LogP contribution in [0.25, 0.3) is 10.9 Å². The molecule has 1 aromatic carbocycles. The standard InChI is InChI=1S/C14H19N3O2/c1-3-9(2)12(18)8-15-14-16-11-7-5-4-6-10(11)13(19)17-14/h4-7,9,12,18H,3,8H2,1-2H3,(H2,15,16,17,19)/t9-,12+/m1/s1. The Morgan fingerprint density at radius 3 is 2.89 bits per heavy atom. The normalized spacial score (nSPS) is 14.3. The number of hydrogen-bond acceptors (Lipinski definition) is 4. The minimum absolute atomic E-state index is 0.175. The molecule has 0 bridgehead atoms. The number of hydrogen-bond donors (Lipinski definition) is 3. The van der Waals surface area contributed by atoms with E-state index < -0.39 is 6.10 Å². The monoisotopic (exact) mass is 261 g/mol. The van der Waals surface area contributed by atoms with Crippen molar-refractivity contribution in [1.29, 1.82) is 0 Å². The van der Waals surface area contributed by atoms with E-state index >= 15 is 0 Å². The maximum absolute atomic E-state index is 11.8. The summed E-state index contributed by atoms with van der Waals surface area (Å²) in [7, 11) is 0. The van der Waals surface area contributed by atoms with Gasteiger partial charge in [-0.05, 0) is 18.1 Å². The van der Waals surface area contributed by atoms with Gasteiger partial charge in [-0.15, -0.1) is 0 Å². The van der Waals surface area contributed by atoms with E-state index in [4.69, 9.17) is 0 Å². The quantitative estimate of drug-likeness (QED) is 0.766. The zero-order valence-corrected chi connectivity index (χ0v) is 11.2. The predicted octanol–water partition coefficient (Wildman–Crippen LogP) is 1.74. The van der Waals surface area contributed by atoms with Crippen LogP contribution >= 0.6 is 0 Å². The smallest absolute Gasteiger partial charge is 0.260 e. The molecule has 102 valence electrons. The van der Waals surface area contributed by atoms with Crippen molar-refractivity contribution in [2.24, 2.45) is 5.92 Å². The Hall–Kier alpha value is -1.88. The Labute approximate surface area is 111 Å². The Balaban J connectivity index is 2.16. The van der Waals surface area contributed by atoms with Gasteiger partial charge in [-0.3, -0.25) is 9.78 Å². The summed E-state index contributed by atoms with van der Waals surface area (Å²) in [6.07, 6.45) is 0.451. The number of H-pyrrole nitrogens is 1. The molecule has 0 amide bonds. The van der Waals surface area contributed by atoms with Gasteiger partial charge in [-0.25, -0.2) is 4.98 Å². The Morgan fingerprint density at radius 1 is 1.42 bits per heavy atom. The number of benzene rings is 1. The van der Waals surface area contributed by atoms with Crippen LogP contribution in [0.2, 0.25) is 0 Å². The molecule has 1 aromatic heterocycles. The molecule has 0 saturated carbocycles. The molecule has 19 heavy (non-hydrogen) atoms. The molecule has 0 aliphatic carbocycles. The molecule has 2 rings (SSSR count). The van der Waals surface area contributed by atoms with Crippen LogP contribution in [0.5, 0.6) is 0 Å². The maximum Gasteiger partial charge on any atom is 0.260 e. The lowest BCUT2D eigenvalue weighted by molar-refractivity contribution is 0.126. The summed E-state index contributed by atoms with van der Waals surface area (Å²) in [6, 6.07) is 7.17. The van der Waals surface area contributed by atoms with Gasteiger partial charge < -0.3 is 10.4 Å². The van der Waals surface area contributed by atoms with Crippen LogP contribution in [0.1, 0.15) is 20.3 Å². The summed E-state index contributed by atoms with van der Waals surface area (Å²) < 4.78 is 0. The number of aliphatic hydroxyl groups excluding tert-OH is 1. The first-order valence-electron chi connectivity index (χ1n) is 6.52. The molecule has 2 atom stereocenters. The average Bonchev–Trinajstić information content (AvgIpc) is 2.44. The van der Waals surface area contributed by atoms with Crippen molar-refractivity contribution < 1.29 is 5.11 Å². The van der Waals surface area contributed by atoms with Gasteiger partial charge in [-0.2, -0.15) is 0 Å². The SMILES string of the molecule is CC[C@@H](C)[C@@H](O)CNc1nc2ccccc2c(=O)[nH]1. The zero-order chi connectivity index (χ0) is 13.8.